The maximum absolute atomic E-state index is 14.6. The molecule has 1 saturated heterocycles. The third-order valence-corrected chi connectivity index (χ3v) is 6.33. The first-order valence-electron chi connectivity index (χ1n) is 11.1. The largest absolute Gasteiger partial charge is 0.417 e. The van der Waals surface area contributed by atoms with Gasteiger partial charge in [0.05, 0.1) is 18.2 Å². The van der Waals surface area contributed by atoms with Crippen molar-refractivity contribution in [2.45, 2.75) is 31.5 Å². The fraction of sp³-hybridized carbons (Fsp3) is 0.375. The fourth-order valence-corrected chi connectivity index (χ4v) is 4.59. The van der Waals surface area contributed by atoms with Crippen molar-refractivity contribution in [3.63, 3.8) is 0 Å². The summed E-state index contributed by atoms with van der Waals surface area (Å²) in [5.74, 6) is -4.26. The summed E-state index contributed by atoms with van der Waals surface area (Å²) in [7, 11) is 1.62. The smallest absolute Gasteiger partial charge is 0.368 e. The highest BCUT2D eigenvalue weighted by atomic mass is 35.5. The summed E-state index contributed by atoms with van der Waals surface area (Å²) < 4.78 is 69.0. The van der Waals surface area contributed by atoms with Crippen molar-refractivity contribution in [1.82, 2.24) is 19.7 Å². The molecule has 2 atom stereocenters. The van der Waals surface area contributed by atoms with E-state index in [0.717, 1.165) is 17.0 Å². The molecule has 1 aliphatic rings. The van der Waals surface area contributed by atoms with Crippen LogP contribution in [0.25, 0.3) is 11.1 Å². The van der Waals surface area contributed by atoms with Gasteiger partial charge in [-0.15, -0.1) is 0 Å². The number of aryl methyl sites for hydroxylation is 1. The Hall–Kier alpha value is -3.21. The molecule has 0 spiro atoms. The number of alkyl halides is 5. The molecule has 1 unspecified atom stereocenters. The van der Waals surface area contributed by atoms with Gasteiger partial charge in [0.15, 0.2) is 5.69 Å². The van der Waals surface area contributed by atoms with E-state index in [1.165, 1.54) is 4.68 Å². The second kappa shape index (κ2) is 9.68. The van der Waals surface area contributed by atoms with E-state index in [2.05, 4.69) is 15.4 Å². The fourth-order valence-electron chi connectivity index (χ4n) is 4.40. The first-order chi connectivity index (χ1) is 16.8. The zero-order valence-electron chi connectivity index (χ0n) is 19.4. The number of anilines is 1. The van der Waals surface area contributed by atoms with E-state index in [4.69, 9.17) is 11.6 Å². The Morgan fingerprint density at radius 1 is 1.25 bits per heavy atom. The Morgan fingerprint density at radius 3 is 2.64 bits per heavy atom. The number of carbonyl (C=O) groups is 1. The standard InChI is InChI=1S/C24H23ClF5N5O/c1-14-9-23(26,27)13-35(19(14)11-32-20-7-6-16(10-31-20)24(28,29)30)22(36)21-18(12-34(2)33-21)15-4-3-5-17(25)8-15/h3-8,10,12,14,19H,9,11,13H2,1-2H3,(H,31,32)/t14-,19?/m1/s1. The maximum Gasteiger partial charge on any atom is 0.417 e. The van der Waals surface area contributed by atoms with Crippen LogP contribution >= 0.6 is 11.6 Å². The first-order valence-corrected chi connectivity index (χ1v) is 11.5. The van der Waals surface area contributed by atoms with Gasteiger partial charge < -0.3 is 10.2 Å². The molecule has 6 nitrogen and oxygen atoms in total. The van der Waals surface area contributed by atoms with Gasteiger partial charge in [-0.3, -0.25) is 9.48 Å². The maximum atomic E-state index is 14.6. The minimum absolute atomic E-state index is 0.00215. The molecule has 0 saturated carbocycles. The van der Waals surface area contributed by atoms with Crippen molar-refractivity contribution in [1.29, 1.82) is 0 Å². The summed E-state index contributed by atoms with van der Waals surface area (Å²) in [6.07, 6.45) is -2.66. The number of nitrogens with zero attached hydrogens (tertiary/aromatic N) is 4. The second-order valence-corrected chi connectivity index (χ2v) is 9.36. The molecule has 1 aliphatic heterocycles. The van der Waals surface area contributed by atoms with Gasteiger partial charge in [0.1, 0.15) is 5.82 Å². The summed E-state index contributed by atoms with van der Waals surface area (Å²) in [6.45, 7) is 0.811. The van der Waals surface area contributed by atoms with Gasteiger partial charge in [-0.25, -0.2) is 13.8 Å². The molecular formula is C24H23ClF5N5O. The lowest BCUT2D eigenvalue weighted by Crippen LogP contribution is -2.57. The van der Waals surface area contributed by atoms with Crippen molar-refractivity contribution in [3.8, 4) is 11.1 Å². The number of benzene rings is 1. The Labute approximate surface area is 209 Å². The Bertz CT molecular complexity index is 1240. The number of rotatable bonds is 5. The molecule has 36 heavy (non-hydrogen) atoms. The monoisotopic (exact) mass is 527 g/mol. The molecule has 0 bridgehead atoms. The Morgan fingerprint density at radius 2 is 2.00 bits per heavy atom. The van der Waals surface area contributed by atoms with Gasteiger partial charge in [-0.2, -0.15) is 18.3 Å². The number of amides is 1. The molecule has 1 aromatic carbocycles. The van der Waals surface area contributed by atoms with Crippen LogP contribution in [0.15, 0.2) is 48.8 Å². The number of pyridine rings is 1. The molecule has 12 heteroatoms. The van der Waals surface area contributed by atoms with Crippen LogP contribution in [0.2, 0.25) is 5.02 Å². The molecule has 3 aromatic rings. The molecule has 0 radical (unpaired) electrons. The SMILES string of the molecule is C[C@@H]1CC(F)(F)CN(C(=O)c2nn(C)cc2-c2cccc(Cl)c2)C1CNc1ccc(C(F)(F)F)cn1. The van der Waals surface area contributed by atoms with Crippen LogP contribution in [-0.2, 0) is 13.2 Å². The quantitative estimate of drug-likeness (QED) is 0.429. The van der Waals surface area contributed by atoms with Gasteiger partial charge in [0, 0.05) is 43.0 Å². The lowest BCUT2D eigenvalue weighted by atomic mass is 9.88. The van der Waals surface area contributed by atoms with Gasteiger partial charge in [0.25, 0.3) is 11.8 Å². The van der Waals surface area contributed by atoms with Gasteiger partial charge in [-0.1, -0.05) is 30.7 Å². The Kier molecular flexibility index (Phi) is 6.96. The summed E-state index contributed by atoms with van der Waals surface area (Å²) in [5.41, 5.74) is 0.156. The van der Waals surface area contributed by atoms with Crippen LogP contribution in [0.3, 0.4) is 0 Å². The predicted octanol–water partition coefficient (Wildman–Crippen LogP) is 5.75. The van der Waals surface area contributed by atoms with Crippen LogP contribution in [0, 0.1) is 5.92 Å². The number of nitrogens with one attached hydrogen (secondary N) is 1. The van der Waals surface area contributed by atoms with Crippen LogP contribution in [0.1, 0.15) is 29.4 Å². The molecule has 3 heterocycles. The lowest BCUT2D eigenvalue weighted by molar-refractivity contribution is -0.137. The Balaban J connectivity index is 1.61. The average molecular weight is 528 g/mol. The molecule has 1 N–H and O–H groups in total. The van der Waals surface area contributed by atoms with Gasteiger partial charge in [0.2, 0.25) is 0 Å². The van der Waals surface area contributed by atoms with Gasteiger partial charge in [-0.05, 0) is 35.7 Å². The number of aromatic nitrogens is 3. The van der Waals surface area contributed by atoms with Crippen molar-refractivity contribution >= 4 is 23.3 Å². The number of hydrogen-bond acceptors (Lipinski definition) is 4. The predicted molar refractivity (Wildman–Crippen MR) is 125 cm³/mol. The van der Waals surface area contributed by atoms with E-state index < -0.39 is 48.5 Å². The van der Waals surface area contributed by atoms with E-state index in [9.17, 15) is 26.7 Å². The topological polar surface area (TPSA) is 63.1 Å². The summed E-state index contributed by atoms with van der Waals surface area (Å²) in [6, 6.07) is 8.12. The highest BCUT2D eigenvalue weighted by Gasteiger charge is 2.46. The zero-order valence-corrected chi connectivity index (χ0v) is 20.1. The second-order valence-electron chi connectivity index (χ2n) is 8.92. The van der Waals surface area contributed by atoms with Crippen LogP contribution < -0.4 is 5.32 Å². The van der Waals surface area contributed by atoms with Crippen LogP contribution in [0.5, 0.6) is 0 Å². The molecule has 192 valence electrons. The summed E-state index contributed by atoms with van der Waals surface area (Å²) in [5, 5.41) is 7.58. The van der Waals surface area contributed by atoms with E-state index in [0.29, 0.717) is 22.3 Å². The van der Waals surface area contributed by atoms with E-state index in [1.54, 1.807) is 44.4 Å². The third-order valence-electron chi connectivity index (χ3n) is 6.09. The molecule has 1 amide bonds. The number of halogens is 6. The number of hydrogen-bond donors (Lipinski definition) is 1. The van der Waals surface area contributed by atoms with Gasteiger partial charge >= 0.3 is 6.18 Å². The number of likely N-dealkylation sites (tertiary alicyclic amines) is 1. The minimum Gasteiger partial charge on any atom is -0.368 e. The average Bonchev–Trinajstić information content (AvgIpc) is 3.18. The first kappa shape index (κ1) is 25.9. The van der Waals surface area contributed by atoms with E-state index in [1.807, 2.05) is 0 Å². The number of piperidine rings is 1. The van der Waals surface area contributed by atoms with Crippen molar-refractivity contribution in [3.05, 3.63) is 65.1 Å². The molecule has 0 aliphatic carbocycles. The van der Waals surface area contributed by atoms with Crippen molar-refractivity contribution < 1.29 is 26.7 Å². The van der Waals surface area contributed by atoms with Crippen LogP contribution in [-0.4, -0.2) is 50.6 Å². The van der Waals surface area contributed by atoms with Crippen LogP contribution in [0.4, 0.5) is 27.8 Å². The minimum atomic E-state index is -4.53. The zero-order chi connectivity index (χ0) is 26.3. The molecular weight excluding hydrogens is 505 g/mol. The summed E-state index contributed by atoms with van der Waals surface area (Å²) in [4.78, 5) is 18.5. The molecule has 4 rings (SSSR count). The van der Waals surface area contributed by atoms with Crippen molar-refractivity contribution in [2.75, 3.05) is 18.4 Å². The highest BCUT2D eigenvalue weighted by Crippen LogP contribution is 2.36. The molecule has 2 aromatic heterocycles. The number of carbonyl (C=O) groups excluding carboxylic acids is 1. The highest BCUT2D eigenvalue weighted by molar-refractivity contribution is 6.30. The third kappa shape index (κ3) is 5.61. The molecule has 1 fully saturated rings. The summed E-state index contributed by atoms with van der Waals surface area (Å²) >= 11 is 6.10. The van der Waals surface area contributed by atoms with E-state index >= 15 is 0 Å². The van der Waals surface area contributed by atoms with E-state index in [-0.39, 0.29) is 18.1 Å². The van der Waals surface area contributed by atoms with Crippen molar-refractivity contribution in [2.24, 2.45) is 13.0 Å². The lowest BCUT2D eigenvalue weighted by Gasteiger charge is -2.43. The normalized spacial score (nSPS) is 19.8.